The van der Waals surface area contributed by atoms with Gasteiger partial charge in [-0.15, -0.1) is 0 Å². The second-order valence-corrected chi connectivity index (χ2v) is 9.37. The molecule has 2 saturated heterocycles. The van der Waals surface area contributed by atoms with Gasteiger partial charge in [0.05, 0.1) is 11.3 Å². The zero-order valence-electron chi connectivity index (χ0n) is 15.4. The number of amides is 1. The Morgan fingerprint density at radius 1 is 1.19 bits per heavy atom. The maximum Gasteiger partial charge on any atom is 0.240 e. The largest absolute Gasteiger partial charge is 0.337 e. The summed E-state index contributed by atoms with van der Waals surface area (Å²) in [7, 11) is -3.32. The molecule has 144 valence electrons. The number of hydrogen-bond donors (Lipinski definition) is 1. The maximum atomic E-state index is 12.9. The zero-order valence-corrected chi connectivity index (χ0v) is 16.2. The summed E-state index contributed by atoms with van der Waals surface area (Å²) in [5.74, 6) is -0.00676. The SMILES string of the molecule is CCN(Cc1ccccc1)C(=O)C1CC(S(=O)(=O)N2CCCCC2)CN1. The first-order valence-corrected chi connectivity index (χ1v) is 11.1. The van der Waals surface area contributed by atoms with Gasteiger partial charge in [-0.1, -0.05) is 36.8 Å². The zero-order chi connectivity index (χ0) is 18.6. The van der Waals surface area contributed by atoms with Gasteiger partial charge in [0.25, 0.3) is 0 Å². The van der Waals surface area contributed by atoms with Crippen molar-refractivity contribution in [3.63, 3.8) is 0 Å². The lowest BCUT2D eigenvalue weighted by atomic mass is 10.1. The van der Waals surface area contributed by atoms with Crippen LogP contribution in [-0.4, -0.2) is 61.0 Å². The van der Waals surface area contributed by atoms with Gasteiger partial charge in [0, 0.05) is 32.7 Å². The lowest BCUT2D eigenvalue weighted by Gasteiger charge is -2.28. The smallest absolute Gasteiger partial charge is 0.240 e. The Morgan fingerprint density at radius 3 is 2.54 bits per heavy atom. The van der Waals surface area contributed by atoms with Gasteiger partial charge in [0.15, 0.2) is 0 Å². The summed E-state index contributed by atoms with van der Waals surface area (Å²) in [5.41, 5.74) is 1.08. The van der Waals surface area contributed by atoms with Crippen molar-refractivity contribution in [2.24, 2.45) is 0 Å². The molecular formula is C19H29N3O3S. The summed E-state index contributed by atoms with van der Waals surface area (Å²) >= 11 is 0. The molecule has 2 atom stereocenters. The molecule has 0 saturated carbocycles. The van der Waals surface area contributed by atoms with Crippen molar-refractivity contribution in [2.45, 2.75) is 50.4 Å². The molecule has 6 nitrogen and oxygen atoms in total. The molecule has 1 N–H and O–H groups in total. The van der Waals surface area contributed by atoms with Gasteiger partial charge in [0.2, 0.25) is 15.9 Å². The monoisotopic (exact) mass is 379 g/mol. The maximum absolute atomic E-state index is 12.9. The normalized spacial score (nSPS) is 24.5. The van der Waals surface area contributed by atoms with Gasteiger partial charge in [0.1, 0.15) is 0 Å². The van der Waals surface area contributed by atoms with E-state index in [1.807, 2.05) is 37.3 Å². The van der Waals surface area contributed by atoms with E-state index < -0.39 is 21.3 Å². The Bertz CT molecular complexity index is 702. The first-order chi connectivity index (χ1) is 12.5. The van der Waals surface area contributed by atoms with Crippen LogP contribution in [0.1, 0.15) is 38.2 Å². The fourth-order valence-corrected chi connectivity index (χ4v) is 5.75. The third-order valence-corrected chi connectivity index (χ3v) is 7.68. The number of hydrogen-bond acceptors (Lipinski definition) is 4. The molecule has 2 heterocycles. The molecule has 2 aliphatic heterocycles. The molecule has 1 amide bonds. The summed E-state index contributed by atoms with van der Waals surface area (Å²) < 4.78 is 27.3. The number of likely N-dealkylation sites (N-methyl/N-ethyl adjacent to an activating group) is 1. The van der Waals surface area contributed by atoms with Gasteiger partial charge < -0.3 is 10.2 Å². The van der Waals surface area contributed by atoms with Crippen LogP contribution in [0.15, 0.2) is 30.3 Å². The highest BCUT2D eigenvalue weighted by Crippen LogP contribution is 2.23. The van der Waals surface area contributed by atoms with E-state index in [1.54, 1.807) is 9.21 Å². The quantitative estimate of drug-likeness (QED) is 0.815. The topological polar surface area (TPSA) is 69.7 Å². The predicted octanol–water partition coefficient (Wildman–Crippen LogP) is 1.58. The number of rotatable bonds is 6. The van der Waals surface area contributed by atoms with Crippen LogP contribution in [-0.2, 0) is 21.4 Å². The summed E-state index contributed by atoms with van der Waals surface area (Å²) in [4.78, 5) is 14.7. The van der Waals surface area contributed by atoms with E-state index in [9.17, 15) is 13.2 Å². The highest BCUT2D eigenvalue weighted by Gasteiger charge is 2.41. The fraction of sp³-hybridized carbons (Fsp3) is 0.632. The molecule has 2 fully saturated rings. The van der Waals surface area contributed by atoms with Crippen molar-refractivity contribution in [1.29, 1.82) is 0 Å². The molecule has 1 aromatic carbocycles. The molecule has 26 heavy (non-hydrogen) atoms. The van der Waals surface area contributed by atoms with Gasteiger partial charge in [-0.05, 0) is 31.7 Å². The highest BCUT2D eigenvalue weighted by atomic mass is 32.2. The third kappa shape index (κ3) is 4.27. The van der Waals surface area contributed by atoms with Crippen LogP contribution in [0.4, 0.5) is 0 Å². The Kier molecular flexibility index (Phi) is 6.32. The van der Waals surface area contributed by atoms with Crippen molar-refractivity contribution in [3.05, 3.63) is 35.9 Å². The standard InChI is InChI=1S/C19H29N3O3S/c1-2-21(15-16-9-5-3-6-10-16)19(23)18-13-17(14-20-18)26(24,25)22-11-7-4-8-12-22/h3,5-6,9-10,17-18,20H,2,4,7-8,11-15H2,1H3. The molecule has 2 unspecified atom stereocenters. The number of carbonyl (C=O) groups is 1. The highest BCUT2D eigenvalue weighted by molar-refractivity contribution is 7.89. The van der Waals surface area contributed by atoms with E-state index in [1.165, 1.54) is 0 Å². The van der Waals surface area contributed by atoms with Crippen LogP contribution in [0.2, 0.25) is 0 Å². The van der Waals surface area contributed by atoms with Gasteiger partial charge in [-0.3, -0.25) is 4.79 Å². The first-order valence-electron chi connectivity index (χ1n) is 9.57. The van der Waals surface area contributed by atoms with Crippen molar-refractivity contribution in [2.75, 3.05) is 26.2 Å². The van der Waals surface area contributed by atoms with Crippen molar-refractivity contribution in [3.8, 4) is 0 Å². The molecule has 7 heteroatoms. The van der Waals surface area contributed by atoms with Crippen LogP contribution in [0.3, 0.4) is 0 Å². The van der Waals surface area contributed by atoms with E-state index in [0.717, 1.165) is 24.8 Å². The van der Waals surface area contributed by atoms with Crippen molar-refractivity contribution < 1.29 is 13.2 Å². The number of sulfonamides is 1. The number of nitrogens with one attached hydrogen (secondary N) is 1. The molecule has 0 aliphatic carbocycles. The van der Waals surface area contributed by atoms with E-state index in [-0.39, 0.29) is 5.91 Å². The molecular weight excluding hydrogens is 350 g/mol. The Morgan fingerprint density at radius 2 is 1.88 bits per heavy atom. The average Bonchev–Trinajstić information content (AvgIpc) is 3.18. The van der Waals surface area contributed by atoms with Crippen LogP contribution < -0.4 is 5.32 Å². The Labute approximate surface area is 156 Å². The average molecular weight is 380 g/mol. The summed E-state index contributed by atoms with van der Waals surface area (Å²) in [6.45, 7) is 4.71. The molecule has 2 aliphatic rings. The van der Waals surface area contributed by atoms with E-state index >= 15 is 0 Å². The summed E-state index contributed by atoms with van der Waals surface area (Å²) in [5, 5.41) is 2.66. The third-order valence-electron chi connectivity index (χ3n) is 5.39. The van der Waals surface area contributed by atoms with Crippen molar-refractivity contribution >= 4 is 15.9 Å². The predicted molar refractivity (Wildman–Crippen MR) is 102 cm³/mol. The lowest BCUT2D eigenvalue weighted by Crippen LogP contribution is -2.43. The van der Waals surface area contributed by atoms with E-state index in [0.29, 0.717) is 39.1 Å². The summed E-state index contributed by atoms with van der Waals surface area (Å²) in [6.07, 6.45) is 3.33. The van der Waals surface area contributed by atoms with Crippen LogP contribution >= 0.6 is 0 Å². The number of benzene rings is 1. The molecule has 0 aromatic heterocycles. The van der Waals surface area contributed by atoms with Gasteiger partial charge >= 0.3 is 0 Å². The van der Waals surface area contributed by atoms with Crippen LogP contribution in [0, 0.1) is 0 Å². The lowest BCUT2D eigenvalue weighted by molar-refractivity contribution is -0.133. The van der Waals surface area contributed by atoms with E-state index in [4.69, 9.17) is 0 Å². The minimum atomic E-state index is -3.32. The molecule has 1 aromatic rings. The minimum absolute atomic E-state index is 0.00676. The number of nitrogens with zero attached hydrogens (tertiary/aromatic N) is 2. The summed E-state index contributed by atoms with van der Waals surface area (Å²) in [6, 6.07) is 9.47. The Balaban J connectivity index is 1.62. The molecule has 0 spiro atoms. The fourth-order valence-electron chi connectivity index (χ4n) is 3.82. The van der Waals surface area contributed by atoms with Crippen LogP contribution in [0.25, 0.3) is 0 Å². The second kappa shape index (κ2) is 8.50. The van der Waals surface area contributed by atoms with Gasteiger partial charge in [-0.2, -0.15) is 0 Å². The first kappa shape index (κ1) is 19.3. The van der Waals surface area contributed by atoms with Crippen molar-refractivity contribution in [1.82, 2.24) is 14.5 Å². The second-order valence-electron chi connectivity index (χ2n) is 7.16. The number of carbonyl (C=O) groups excluding carboxylic acids is 1. The van der Waals surface area contributed by atoms with Gasteiger partial charge in [-0.25, -0.2) is 12.7 Å². The van der Waals surface area contributed by atoms with E-state index in [2.05, 4.69) is 5.32 Å². The Hall–Kier alpha value is -1.44. The molecule has 0 bridgehead atoms. The number of piperidine rings is 1. The van der Waals surface area contributed by atoms with Crippen LogP contribution in [0.5, 0.6) is 0 Å². The molecule has 0 radical (unpaired) electrons. The molecule has 3 rings (SSSR count). The minimum Gasteiger partial charge on any atom is -0.337 e.